The van der Waals surface area contributed by atoms with Crippen LogP contribution in [-0.2, 0) is 32.3 Å². The van der Waals surface area contributed by atoms with Crippen molar-refractivity contribution in [2.75, 3.05) is 17.4 Å². The van der Waals surface area contributed by atoms with Gasteiger partial charge < -0.3 is 10.2 Å². The summed E-state index contributed by atoms with van der Waals surface area (Å²) in [6, 6.07) is 15.5. The fourth-order valence-corrected chi connectivity index (χ4v) is 5.87. The fourth-order valence-electron chi connectivity index (χ4n) is 4.16. The van der Waals surface area contributed by atoms with E-state index in [1.165, 1.54) is 36.1 Å². The molecule has 0 saturated heterocycles. The van der Waals surface area contributed by atoms with E-state index < -0.39 is 51.9 Å². The van der Waals surface area contributed by atoms with Gasteiger partial charge in [-0.2, -0.15) is 13.2 Å². The summed E-state index contributed by atoms with van der Waals surface area (Å²) >= 11 is 6.27. The van der Waals surface area contributed by atoms with Crippen LogP contribution >= 0.6 is 11.6 Å². The molecule has 0 heterocycles. The van der Waals surface area contributed by atoms with E-state index >= 15 is 0 Å². The first kappa shape index (κ1) is 32.9. The lowest BCUT2D eigenvalue weighted by atomic mass is 10.1. The molecular formula is C30H33ClF3N3O4S. The number of alkyl halides is 3. The van der Waals surface area contributed by atoms with Gasteiger partial charge in [0.15, 0.2) is 0 Å². The molecule has 0 aliphatic rings. The van der Waals surface area contributed by atoms with Gasteiger partial charge in [-0.3, -0.25) is 13.9 Å². The van der Waals surface area contributed by atoms with E-state index in [0.29, 0.717) is 22.5 Å². The van der Waals surface area contributed by atoms with Crippen LogP contribution in [0.5, 0.6) is 0 Å². The quantitative estimate of drug-likeness (QED) is 0.282. The number of hydrogen-bond acceptors (Lipinski definition) is 4. The number of anilines is 1. The molecule has 0 fully saturated rings. The minimum absolute atomic E-state index is 0.0493. The van der Waals surface area contributed by atoms with E-state index in [-0.39, 0.29) is 22.4 Å². The topological polar surface area (TPSA) is 86.8 Å². The zero-order valence-corrected chi connectivity index (χ0v) is 25.2. The van der Waals surface area contributed by atoms with Gasteiger partial charge in [-0.25, -0.2) is 8.42 Å². The zero-order valence-electron chi connectivity index (χ0n) is 23.7. The lowest BCUT2D eigenvalue weighted by Gasteiger charge is -2.32. The number of amides is 2. The summed E-state index contributed by atoms with van der Waals surface area (Å²) in [6.07, 6.45) is -4.80. The number of halogens is 4. The lowest BCUT2D eigenvalue weighted by Crippen LogP contribution is -2.51. The molecule has 1 atom stereocenters. The van der Waals surface area contributed by atoms with E-state index in [4.69, 9.17) is 11.6 Å². The lowest BCUT2D eigenvalue weighted by molar-refractivity contribution is -0.139. The second kappa shape index (κ2) is 13.6. The van der Waals surface area contributed by atoms with Gasteiger partial charge in [-0.15, -0.1) is 0 Å². The van der Waals surface area contributed by atoms with E-state index in [1.54, 1.807) is 18.2 Å². The first-order valence-corrected chi connectivity index (χ1v) is 15.0. The smallest absolute Gasteiger partial charge is 0.354 e. The average molecular weight is 624 g/mol. The zero-order chi connectivity index (χ0) is 31.2. The molecule has 0 saturated carbocycles. The number of benzene rings is 3. The highest BCUT2D eigenvalue weighted by Crippen LogP contribution is 2.37. The highest BCUT2D eigenvalue weighted by molar-refractivity contribution is 7.92. The van der Waals surface area contributed by atoms with Crippen LogP contribution in [-0.4, -0.2) is 44.3 Å². The summed E-state index contributed by atoms with van der Waals surface area (Å²) in [6.45, 7) is 6.58. The molecule has 0 bridgehead atoms. The third-order valence-electron chi connectivity index (χ3n) is 6.44. The summed E-state index contributed by atoms with van der Waals surface area (Å²) in [5.74, 6) is -1.13. The number of sulfonamides is 1. The standard InChI is InChI=1S/C30H33ClF3N3O4S/c1-20(2)17-35-29(39)22(4)36(18-23-10-8-9-21(3)15-23)28(38)19-37(42(40,41)25-11-6-5-7-12-25)27-16-24(30(32,33)34)13-14-26(27)31/h5-16,20,22H,17-19H2,1-4H3,(H,35,39)/t22-/m0/s1. The fraction of sp³-hybridized carbons (Fsp3) is 0.333. The minimum Gasteiger partial charge on any atom is -0.354 e. The Hall–Kier alpha value is -3.57. The second-order valence-corrected chi connectivity index (χ2v) is 12.6. The van der Waals surface area contributed by atoms with Gasteiger partial charge in [0.1, 0.15) is 12.6 Å². The number of nitrogens with zero attached hydrogens (tertiary/aromatic N) is 2. The number of nitrogens with one attached hydrogen (secondary N) is 1. The van der Waals surface area contributed by atoms with Gasteiger partial charge in [0.25, 0.3) is 10.0 Å². The minimum atomic E-state index is -4.80. The maximum Gasteiger partial charge on any atom is 0.416 e. The van der Waals surface area contributed by atoms with Crippen molar-refractivity contribution < 1.29 is 31.2 Å². The van der Waals surface area contributed by atoms with Gasteiger partial charge in [0.05, 0.1) is 21.2 Å². The van der Waals surface area contributed by atoms with Gasteiger partial charge in [-0.1, -0.05) is 73.5 Å². The average Bonchev–Trinajstić information content (AvgIpc) is 2.93. The van der Waals surface area contributed by atoms with Crippen LogP contribution < -0.4 is 9.62 Å². The van der Waals surface area contributed by atoms with Crippen LogP contribution in [0.4, 0.5) is 18.9 Å². The molecule has 12 heteroatoms. The predicted molar refractivity (Wildman–Crippen MR) is 156 cm³/mol. The number of rotatable bonds is 11. The summed E-state index contributed by atoms with van der Waals surface area (Å²) < 4.78 is 69.1. The molecule has 226 valence electrons. The molecule has 7 nitrogen and oxygen atoms in total. The van der Waals surface area contributed by atoms with Gasteiger partial charge in [0, 0.05) is 13.1 Å². The molecular weight excluding hydrogens is 591 g/mol. The van der Waals surface area contributed by atoms with E-state index in [2.05, 4.69) is 5.32 Å². The van der Waals surface area contributed by atoms with Crippen molar-refractivity contribution in [2.45, 2.75) is 51.4 Å². The van der Waals surface area contributed by atoms with E-state index in [1.807, 2.05) is 32.9 Å². The largest absolute Gasteiger partial charge is 0.416 e. The van der Waals surface area contributed by atoms with Crippen LogP contribution in [0, 0.1) is 12.8 Å². The maximum atomic E-state index is 13.9. The SMILES string of the molecule is Cc1cccc(CN(C(=O)CN(c2cc(C(F)(F)F)ccc2Cl)S(=O)(=O)c2ccccc2)[C@@H](C)C(=O)NCC(C)C)c1. The van der Waals surface area contributed by atoms with Crippen LogP contribution in [0.1, 0.15) is 37.5 Å². The normalized spacial score (nSPS) is 12.6. The molecule has 0 aromatic heterocycles. The van der Waals surface area contributed by atoms with Gasteiger partial charge >= 0.3 is 6.18 Å². The van der Waals surface area contributed by atoms with E-state index in [9.17, 15) is 31.2 Å². The molecule has 0 unspecified atom stereocenters. The Morgan fingerprint density at radius 1 is 0.952 bits per heavy atom. The van der Waals surface area contributed by atoms with Crippen LogP contribution in [0.3, 0.4) is 0 Å². The van der Waals surface area contributed by atoms with Crippen LogP contribution in [0.2, 0.25) is 5.02 Å². The van der Waals surface area contributed by atoms with E-state index in [0.717, 1.165) is 17.7 Å². The van der Waals surface area contributed by atoms with Crippen LogP contribution in [0.15, 0.2) is 77.7 Å². The van der Waals surface area contributed by atoms with Crippen molar-refractivity contribution in [1.29, 1.82) is 0 Å². The van der Waals surface area contributed by atoms with Gasteiger partial charge in [0.2, 0.25) is 11.8 Å². The maximum absolute atomic E-state index is 13.9. The Morgan fingerprint density at radius 3 is 2.21 bits per heavy atom. The Kier molecular flexibility index (Phi) is 10.7. The monoisotopic (exact) mass is 623 g/mol. The number of hydrogen-bond donors (Lipinski definition) is 1. The molecule has 0 radical (unpaired) electrons. The van der Waals surface area contributed by atoms with Crippen molar-refractivity contribution in [3.63, 3.8) is 0 Å². The van der Waals surface area contributed by atoms with Crippen LogP contribution in [0.25, 0.3) is 0 Å². The summed E-state index contributed by atoms with van der Waals surface area (Å²) in [5, 5.41) is 2.48. The van der Waals surface area contributed by atoms with Gasteiger partial charge in [-0.05, 0) is 55.7 Å². The number of carbonyl (C=O) groups excluding carboxylic acids is 2. The Bertz CT molecular complexity index is 1520. The first-order chi connectivity index (χ1) is 19.6. The molecule has 3 aromatic carbocycles. The second-order valence-electron chi connectivity index (χ2n) is 10.3. The Labute approximate surface area is 249 Å². The number of carbonyl (C=O) groups is 2. The first-order valence-electron chi connectivity index (χ1n) is 13.2. The molecule has 0 aliphatic heterocycles. The molecule has 0 spiro atoms. The highest BCUT2D eigenvalue weighted by atomic mass is 35.5. The molecule has 3 aromatic rings. The molecule has 1 N–H and O–H groups in total. The third-order valence-corrected chi connectivity index (χ3v) is 8.53. The summed E-state index contributed by atoms with van der Waals surface area (Å²) in [4.78, 5) is 28.0. The van der Waals surface area contributed by atoms with Crippen molar-refractivity contribution in [2.24, 2.45) is 5.92 Å². The predicted octanol–water partition coefficient (Wildman–Crippen LogP) is 6.05. The molecule has 42 heavy (non-hydrogen) atoms. The summed E-state index contributed by atoms with van der Waals surface area (Å²) in [7, 11) is -4.58. The highest BCUT2D eigenvalue weighted by Gasteiger charge is 2.36. The molecule has 0 aliphatic carbocycles. The Morgan fingerprint density at radius 2 is 1.62 bits per heavy atom. The molecule has 2 amide bonds. The third kappa shape index (κ3) is 8.25. The van der Waals surface area contributed by atoms with Crippen molar-refractivity contribution in [1.82, 2.24) is 10.2 Å². The van der Waals surface area contributed by atoms with Crippen molar-refractivity contribution in [3.05, 3.63) is 94.5 Å². The summed E-state index contributed by atoms with van der Waals surface area (Å²) in [5.41, 5.74) is -0.0703. The van der Waals surface area contributed by atoms with Crippen molar-refractivity contribution in [3.8, 4) is 0 Å². The molecule has 3 rings (SSSR count). The Balaban J connectivity index is 2.11. The number of aryl methyl sites for hydroxylation is 1. The van der Waals surface area contributed by atoms with Crippen molar-refractivity contribution >= 4 is 39.1 Å².